The molecule has 2 unspecified atom stereocenters. The molecule has 0 aromatic carbocycles. The number of hydrogen-bond acceptors (Lipinski definition) is 6. The van der Waals surface area contributed by atoms with Gasteiger partial charge in [-0.05, 0) is 25.7 Å². The van der Waals surface area contributed by atoms with Crippen LogP contribution in [0.2, 0.25) is 0 Å². The van der Waals surface area contributed by atoms with Crippen LogP contribution in [0.3, 0.4) is 0 Å². The number of aromatic nitrogens is 1. The third kappa shape index (κ3) is 3.30. The topological polar surface area (TPSA) is 84.6 Å². The number of ether oxygens (including phenoxy) is 1. The zero-order valence-corrected chi connectivity index (χ0v) is 12.0. The first kappa shape index (κ1) is 14.8. The summed E-state index contributed by atoms with van der Waals surface area (Å²) in [5, 5.41) is 12.9. The van der Waals surface area contributed by atoms with E-state index in [0.29, 0.717) is 12.5 Å². The van der Waals surface area contributed by atoms with Gasteiger partial charge in [-0.25, -0.2) is 4.79 Å². The fourth-order valence-electron chi connectivity index (χ4n) is 2.81. The summed E-state index contributed by atoms with van der Waals surface area (Å²) in [6.45, 7) is 4.23. The zero-order chi connectivity index (χ0) is 14.6. The number of hydrogen-bond donors (Lipinski definition) is 2. The number of anilines is 1. The Morgan fingerprint density at radius 1 is 1.70 bits per heavy atom. The molecular weight excluding hydrogens is 260 g/mol. The number of nitrogens with zero attached hydrogens (tertiary/aromatic N) is 1. The molecule has 1 aliphatic rings. The van der Waals surface area contributed by atoms with Crippen LogP contribution in [0.25, 0.3) is 0 Å². The summed E-state index contributed by atoms with van der Waals surface area (Å²) in [5.74, 6) is 0.0438. The van der Waals surface area contributed by atoms with E-state index >= 15 is 0 Å². The Hall–Kier alpha value is -1.56. The molecule has 6 heteroatoms. The average Bonchev–Trinajstić information content (AvgIpc) is 2.87. The summed E-state index contributed by atoms with van der Waals surface area (Å²) in [5.41, 5.74) is -0.264. The maximum absolute atomic E-state index is 11.5. The highest BCUT2D eigenvalue weighted by Crippen LogP contribution is 2.34. The number of aliphatic hydroxyl groups is 1. The zero-order valence-electron chi connectivity index (χ0n) is 12.0. The number of aliphatic hydroxyl groups excluding tert-OH is 1. The third-order valence-corrected chi connectivity index (χ3v) is 3.75. The highest BCUT2D eigenvalue weighted by atomic mass is 16.5. The van der Waals surface area contributed by atoms with Crippen LogP contribution < -0.4 is 5.32 Å². The molecule has 1 aromatic heterocycles. The second-order valence-electron chi connectivity index (χ2n) is 5.52. The normalized spacial score (nSPS) is 26.2. The first-order chi connectivity index (χ1) is 9.58. The van der Waals surface area contributed by atoms with Gasteiger partial charge in [-0.1, -0.05) is 19.8 Å². The second kappa shape index (κ2) is 6.26. The van der Waals surface area contributed by atoms with Crippen molar-refractivity contribution in [2.24, 2.45) is 5.92 Å². The summed E-state index contributed by atoms with van der Waals surface area (Å²) < 4.78 is 10.1. The maximum atomic E-state index is 11.5. The van der Waals surface area contributed by atoms with Crippen LogP contribution >= 0.6 is 0 Å². The molecule has 0 bridgehead atoms. The van der Waals surface area contributed by atoms with Crippen LogP contribution in [0.15, 0.2) is 10.7 Å². The summed E-state index contributed by atoms with van der Waals surface area (Å²) in [6.07, 6.45) is 5.23. The van der Waals surface area contributed by atoms with Crippen molar-refractivity contribution in [2.75, 3.05) is 18.5 Å². The van der Waals surface area contributed by atoms with E-state index in [0.717, 1.165) is 19.3 Å². The third-order valence-electron chi connectivity index (χ3n) is 3.75. The van der Waals surface area contributed by atoms with E-state index in [4.69, 9.17) is 9.15 Å². The lowest BCUT2D eigenvalue weighted by molar-refractivity contribution is 0.0519. The van der Waals surface area contributed by atoms with Crippen LogP contribution in [0, 0.1) is 5.92 Å². The number of carbonyl (C=O) groups excluding carboxylic acids is 1. The van der Waals surface area contributed by atoms with E-state index < -0.39 is 11.5 Å². The lowest BCUT2D eigenvalue weighted by Crippen LogP contribution is -2.46. The van der Waals surface area contributed by atoms with E-state index in [2.05, 4.69) is 17.2 Å². The SMILES string of the molecule is CCOC(=O)c1coc(NC2(CO)CCCC(C)C2)n1. The molecule has 0 aliphatic heterocycles. The van der Waals surface area contributed by atoms with Gasteiger partial charge >= 0.3 is 5.97 Å². The molecule has 0 amide bonds. The van der Waals surface area contributed by atoms with Gasteiger partial charge in [-0.3, -0.25) is 0 Å². The Bertz CT molecular complexity index is 460. The van der Waals surface area contributed by atoms with Gasteiger partial charge in [0.25, 0.3) is 6.01 Å². The Kier molecular flexibility index (Phi) is 4.65. The van der Waals surface area contributed by atoms with Crippen LogP contribution in [0.5, 0.6) is 0 Å². The molecule has 1 aromatic rings. The van der Waals surface area contributed by atoms with Gasteiger partial charge in [0.05, 0.1) is 18.8 Å². The second-order valence-corrected chi connectivity index (χ2v) is 5.52. The molecule has 1 fully saturated rings. The minimum Gasteiger partial charge on any atom is -0.461 e. The molecule has 2 atom stereocenters. The molecule has 0 radical (unpaired) electrons. The van der Waals surface area contributed by atoms with Crippen molar-refractivity contribution >= 4 is 12.0 Å². The highest BCUT2D eigenvalue weighted by Gasteiger charge is 2.35. The van der Waals surface area contributed by atoms with Gasteiger partial charge in [0, 0.05) is 0 Å². The Morgan fingerprint density at radius 2 is 2.50 bits per heavy atom. The summed E-state index contributed by atoms with van der Waals surface area (Å²) >= 11 is 0. The minimum atomic E-state index is -0.501. The first-order valence-corrected chi connectivity index (χ1v) is 7.10. The number of carbonyl (C=O) groups is 1. The quantitative estimate of drug-likeness (QED) is 0.805. The van der Waals surface area contributed by atoms with Crippen LogP contribution in [0.4, 0.5) is 6.01 Å². The summed E-state index contributed by atoms with van der Waals surface area (Å²) in [7, 11) is 0. The van der Waals surface area contributed by atoms with Crippen molar-refractivity contribution < 1.29 is 19.1 Å². The Labute approximate surface area is 118 Å². The monoisotopic (exact) mass is 282 g/mol. The average molecular weight is 282 g/mol. The maximum Gasteiger partial charge on any atom is 0.360 e. The molecule has 0 saturated heterocycles. The van der Waals surface area contributed by atoms with Gasteiger partial charge < -0.3 is 19.6 Å². The number of rotatable bonds is 5. The lowest BCUT2D eigenvalue weighted by Gasteiger charge is -2.38. The Morgan fingerprint density at radius 3 is 3.15 bits per heavy atom. The van der Waals surface area contributed by atoms with E-state index in [1.54, 1.807) is 6.92 Å². The molecule has 112 valence electrons. The molecular formula is C14H22N2O4. The molecule has 1 saturated carbocycles. The molecule has 20 heavy (non-hydrogen) atoms. The van der Waals surface area contributed by atoms with Crippen LogP contribution in [-0.4, -0.2) is 34.8 Å². The number of oxazole rings is 1. The molecule has 0 spiro atoms. The van der Waals surface area contributed by atoms with Gasteiger partial charge in [0.1, 0.15) is 6.26 Å². The number of esters is 1. The van der Waals surface area contributed by atoms with Crippen LogP contribution in [-0.2, 0) is 4.74 Å². The van der Waals surface area contributed by atoms with Crippen molar-refractivity contribution in [1.82, 2.24) is 4.98 Å². The highest BCUT2D eigenvalue weighted by molar-refractivity contribution is 5.87. The molecule has 2 N–H and O–H groups in total. The van der Waals surface area contributed by atoms with Crippen molar-refractivity contribution in [2.45, 2.75) is 45.1 Å². The van der Waals surface area contributed by atoms with Crippen molar-refractivity contribution in [1.29, 1.82) is 0 Å². The standard InChI is InChI=1S/C14H22N2O4/c1-3-19-12(18)11-8-20-13(15-11)16-14(9-17)6-4-5-10(2)7-14/h8,10,17H,3-7,9H2,1-2H3,(H,15,16). The van der Waals surface area contributed by atoms with Crippen LogP contribution in [0.1, 0.15) is 50.0 Å². The molecule has 6 nitrogen and oxygen atoms in total. The van der Waals surface area contributed by atoms with Crippen molar-refractivity contribution in [3.63, 3.8) is 0 Å². The van der Waals surface area contributed by atoms with Crippen molar-refractivity contribution in [3.05, 3.63) is 12.0 Å². The van der Waals surface area contributed by atoms with E-state index in [1.807, 2.05) is 0 Å². The largest absolute Gasteiger partial charge is 0.461 e. The van der Waals surface area contributed by atoms with E-state index in [9.17, 15) is 9.90 Å². The predicted octanol–water partition coefficient (Wildman–Crippen LogP) is 2.20. The molecule has 1 aliphatic carbocycles. The smallest absolute Gasteiger partial charge is 0.360 e. The molecule has 2 rings (SSSR count). The van der Waals surface area contributed by atoms with E-state index in [-0.39, 0.29) is 18.3 Å². The summed E-state index contributed by atoms with van der Waals surface area (Å²) in [4.78, 5) is 15.6. The fraction of sp³-hybridized carbons (Fsp3) is 0.714. The fourth-order valence-corrected chi connectivity index (χ4v) is 2.81. The first-order valence-electron chi connectivity index (χ1n) is 7.10. The van der Waals surface area contributed by atoms with E-state index in [1.165, 1.54) is 12.7 Å². The molecule has 1 heterocycles. The van der Waals surface area contributed by atoms with Crippen molar-refractivity contribution in [3.8, 4) is 0 Å². The van der Waals surface area contributed by atoms with Gasteiger partial charge in [-0.2, -0.15) is 4.98 Å². The van der Waals surface area contributed by atoms with Gasteiger partial charge in [-0.15, -0.1) is 0 Å². The number of nitrogens with one attached hydrogen (secondary N) is 1. The van der Waals surface area contributed by atoms with Gasteiger partial charge in [0.15, 0.2) is 5.69 Å². The predicted molar refractivity (Wildman–Crippen MR) is 73.5 cm³/mol. The summed E-state index contributed by atoms with van der Waals surface area (Å²) in [6, 6.07) is 0.260. The lowest BCUT2D eigenvalue weighted by atomic mass is 9.77. The minimum absolute atomic E-state index is 0.0223. The van der Waals surface area contributed by atoms with Gasteiger partial charge in [0.2, 0.25) is 0 Å². The Balaban J connectivity index is 2.06.